The molecule has 0 unspecified atom stereocenters. The van der Waals surface area contributed by atoms with Crippen molar-refractivity contribution in [1.82, 2.24) is 10.2 Å². The maximum Gasteiger partial charge on any atom is 0.294 e. The van der Waals surface area contributed by atoms with Crippen molar-refractivity contribution >= 4 is 40.0 Å². The first-order chi connectivity index (χ1) is 6.28. The van der Waals surface area contributed by atoms with Gasteiger partial charge in [-0.25, -0.2) is 0 Å². The zero-order chi connectivity index (χ0) is 12.2. The minimum absolute atomic E-state index is 0.336. The van der Waals surface area contributed by atoms with Crippen LogP contribution in [0.2, 0.25) is 0 Å². The highest BCUT2D eigenvalue weighted by Gasteiger charge is 2.58. The van der Waals surface area contributed by atoms with Gasteiger partial charge in [-0.2, -0.15) is 13.5 Å². The third kappa shape index (κ3) is 1.76. The summed E-state index contributed by atoms with van der Waals surface area (Å²) in [7, 11) is -8.09. The normalized spacial score (nSPS) is 18.2. The van der Waals surface area contributed by atoms with Gasteiger partial charge in [0.15, 0.2) is 8.29 Å². The molecule has 0 atom stereocenters. The van der Waals surface area contributed by atoms with Gasteiger partial charge in [0, 0.05) is 0 Å². The summed E-state index contributed by atoms with van der Waals surface area (Å²) in [5, 5.41) is 6.43. The van der Waals surface area contributed by atoms with E-state index in [1.54, 1.807) is 0 Å². The van der Waals surface area contributed by atoms with Gasteiger partial charge in [0.2, 0.25) is 0 Å². The van der Waals surface area contributed by atoms with Gasteiger partial charge in [-0.3, -0.25) is 9.65 Å². The number of rotatable bonds is 2. The Bertz CT molecular complexity index is 558. The summed E-state index contributed by atoms with van der Waals surface area (Å²) in [6, 6.07) is 0. The Hall–Kier alpha value is 0.0400. The molecule has 1 aromatic rings. The average molecular weight is 290 g/mol. The molecular formula is C6H14N2O3S4. The van der Waals surface area contributed by atoms with Crippen molar-refractivity contribution in [3.05, 3.63) is 3.95 Å². The molecule has 0 aliphatic rings. The predicted molar refractivity (Wildman–Crippen MR) is 68.4 cm³/mol. The number of aromatic amines is 1. The number of hydrogen-bond acceptors (Lipinski definition) is 5. The standard InChI is InChI=1S/C6H14N2O3S4/c1-15(2,3,4,14(9,10)11)6-8-7-5(12)13-6/h1-4H3,(H,7,12)(H,9,10,11). The molecule has 90 valence electrons. The largest absolute Gasteiger partial charge is 0.294 e. The molecule has 1 aromatic heterocycles. The first-order valence-electron chi connectivity index (χ1n) is 3.83. The fourth-order valence-electron chi connectivity index (χ4n) is 0.691. The maximum atomic E-state index is 11.6. The van der Waals surface area contributed by atoms with Gasteiger partial charge in [-0.1, -0.05) is 11.3 Å². The summed E-state index contributed by atoms with van der Waals surface area (Å²) in [6.45, 7) is 0. The summed E-state index contributed by atoms with van der Waals surface area (Å²) in [4.78, 5) is 0. The lowest BCUT2D eigenvalue weighted by Gasteiger charge is -2.62. The van der Waals surface area contributed by atoms with Gasteiger partial charge in [0.1, 0.15) is 0 Å². The molecule has 0 aliphatic carbocycles. The summed E-state index contributed by atoms with van der Waals surface area (Å²) in [6.07, 6.45) is 6.10. The van der Waals surface area contributed by atoms with E-state index in [-0.39, 0.29) is 0 Å². The molecule has 1 rings (SSSR count). The van der Waals surface area contributed by atoms with E-state index in [0.29, 0.717) is 8.29 Å². The zero-order valence-electron chi connectivity index (χ0n) is 8.84. The number of nitrogens with zero attached hydrogens (tertiary/aromatic N) is 1. The van der Waals surface area contributed by atoms with Crippen LogP contribution in [-0.4, -0.2) is 48.2 Å². The Kier molecular flexibility index (Phi) is 2.31. The zero-order valence-corrected chi connectivity index (χ0v) is 12.1. The summed E-state index contributed by atoms with van der Waals surface area (Å²) >= 11 is 5.95. The lowest BCUT2D eigenvalue weighted by atomic mass is 11.5. The lowest BCUT2D eigenvalue weighted by Crippen LogP contribution is -2.39. The fraction of sp³-hybridized carbons (Fsp3) is 0.667. The van der Waals surface area contributed by atoms with E-state index >= 15 is 0 Å². The summed E-state index contributed by atoms with van der Waals surface area (Å²) in [5.41, 5.74) is 0. The van der Waals surface area contributed by atoms with E-state index in [9.17, 15) is 13.0 Å². The van der Waals surface area contributed by atoms with E-state index in [0.717, 1.165) is 11.3 Å². The van der Waals surface area contributed by atoms with Gasteiger partial charge in [0.05, 0.1) is 0 Å². The van der Waals surface area contributed by atoms with E-state index in [1.807, 2.05) is 0 Å². The predicted octanol–water partition coefficient (Wildman–Crippen LogP) is 1.76. The third-order valence-corrected chi connectivity index (χ3v) is 15.5. The van der Waals surface area contributed by atoms with Gasteiger partial charge in [-0.15, -0.1) is 7.33 Å². The summed E-state index contributed by atoms with van der Waals surface area (Å²) < 4.78 is 33.5. The molecule has 0 fully saturated rings. The Labute approximate surface area is 96.3 Å². The Morgan fingerprint density at radius 1 is 1.40 bits per heavy atom. The smallest absolute Gasteiger partial charge is 0.279 e. The molecule has 0 bridgehead atoms. The molecule has 0 spiro atoms. The molecule has 9 heteroatoms. The first-order valence-corrected chi connectivity index (χ1v) is 11.1. The molecule has 1 heterocycles. The van der Waals surface area contributed by atoms with E-state index in [2.05, 4.69) is 10.2 Å². The van der Waals surface area contributed by atoms with Crippen LogP contribution in [0.4, 0.5) is 0 Å². The van der Waals surface area contributed by atoms with Crippen molar-refractivity contribution in [1.29, 1.82) is 0 Å². The lowest BCUT2D eigenvalue weighted by molar-refractivity contribution is 0.500. The first kappa shape index (κ1) is 13.1. The number of aromatic nitrogens is 2. The Morgan fingerprint density at radius 3 is 2.13 bits per heavy atom. The van der Waals surface area contributed by atoms with Crippen molar-refractivity contribution in [2.75, 3.05) is 25.0 Å². The molecular weight excluding hydrogens is 276 g/mol. The topological polar surface area (TPSA) is 83.0 Å². The number of hydrogen-bond donors (Lipinski definition) is 2. The molecule has 5 nitrogen and oxygen atoms in total. The van der Waals surface area contributed by atoms with Crippen molar-refractivity contribution in [3.8, 4) is 0 Å². The highest BCUT2D eigenvalue weighted by atomic mass is 33.2. The van der Waals surface area contributed by atoms with Gasteiger partial charge in [-0.05, 0) is 37.2 Å². The average Bonchev–Trinajstić information content (AvgIpc) is 2.30. The second kappa shape index (κ2) is 2.65. The van der Waals surface area contributed by atoms with Crippen molar-refractivity contribution < 1.29 is 13.0 Å². The van der Waals surface area contributed by atoms with E-state index in [4.69, 9.17) is 12.2 Å². The van der Waals surface area contributed by atoms with Crippen molar-refractivity contribution in [2.24, 2.45) is 0 Å². The summed E-state index contributed by atoms with van der Waals surface area (Å²) in [5.74, 6) is 0. The van der Waals surface area contributed by atoms with E-state index < -0.39 is 16.5 Å². The number of H-pyrrole nitrogens is 1. The van der Waals surface area contributed by atoms with Gasteiger partial charge < -0.3 is 0 Å². The van der Waals surface area contributed by atoms with Crippen molar-refractivity contribution in [3.63, 3.8) is 0 Å². The highest BCUT2D eigenvalue weighted by Crippen LogP contribution is 2.88. The van der Waals surface area contributed by atoms with Crippen LogP contribution in [0.3, 0.4) is 0 Å². The monoisotopic (exact) mass is 290 g/mol. The Morgan fingerprint density at radius 2 is 1.87 bits per heavy atom. The molecule has 0 radical (unpaired) electrons. The van der Waals surface area contributed by atoms with Gasteiger partial charge >= 0.3 is 0 Å². The van der Waals surface area contributed by atoms with Crippen LogP contribution in [0.1, 0.15) is 0 Å². The van der Waals surface area contributed by atoms with Crippen LogP contribution in [0.5, 0.6) is 0 Å². The van der Waals surface area contributed by atoms with E-state index in [1.165, 1.54) is 25.0 Å². The van der Waals surface area contributed by atoms with Crippen LogP contribution >= 0.6 is 30.9 Å². The fourth-order valence-corrected chi connectivity index (χ4v) is 5.55. The molecule has 0 amide bonds. The molecule has 0 saturated heterocycles. The molecule has 0 aromatic carbocycles. The van der Waals surface area contributed by atoms with Crippen LogP contribution < -0.4 is 0 Å². The SMILES string of the molecule is CS(C)(C)(C)(c1n[nH]c(=S)s1)S(=O)(=O)O. The minimum atomic E-state index is -4.24. The maximum absolute atomic E-state index is 11.6. The van der Waals surface area contributed by atoms with Crippen LogP contribution in [-0.2, 0) is 9.15 Å². The van der Waals surface area contributed by atoms with Crippen LogP contribution in [0.15, 0.2) is 4.34 Å². The molecule has 15 heavy (non-hydrogen) atoms. The quantitative estimate of drug-likeness (QED) is 0.492. The van der Waals surface area contributed by atoms with Gasteiger partial charge in [0.25, 0.3) is 9.15 Å². The second-order valence-electron chi connectivity index (χ2n) is 5.32. The molecule has 0 aliphatic heterocycles. The second-order valence-corrected chi connectivity index (χ2v) is 22.3. The number of nitrogens with one attached hydrogen (secondary N) is 1. The van der Waals surface area contributed by atoms with Crippen LogP contribution in [0, 0.1) is 3.95 Å². The highest BCUT2D eigenvalue weighted by molar-refractivity contribution is 9.07. The van der Waals surface area contributed by atoms with Crippen LogP contribution in [0.25, 0.3) is 0 Å². The third-order valence-electron chi connectivity index (χ3n) is 2.14. The minimum Gasteiger partial charge on any atom is -0.279 e. The Balaban J connectivity index is 3.80. The van der Waals surface area contributed by atoms with Crippen molar-refractivity contribution in [2.45, 2.75) is 4.34 Å². The molecule has 0 saturated carbocycles. The molecule has 2 N–H and O–H groups in total.